The Morgan fingerprint density at radius 1 is 1.12 bits per heavy atom. The molecular formula is C15H16O2. The topological polar surface area (TPSA) is 40.5 Å². The standard InChI is InChI=1S/C15H16O2/c1-3-14(16)9-5-12(2)4-6-13-7-10-15(17)11-8-13/h3-11,16-17H,2H2,1H3/b6-4+,9-5-,14-3+. The van der Waals surface area contributed by atoms with E-state index >= 15 is 0 Å². The lowest BCUT2D eigenvalue weighted by Crippen LogP contribution is -1.74. The van der Waals surface area contributed by atoms with E-state index in [2.05, 4.69) is 6.58 Å². The Hall–Kier alpha value is -2.22. The molecule has 1 aromatic carbocycles. The van der Waals surface area contributed by atoms with Gasteiger partial charge in [0.2, 0.25) is 0 Å². The minimum Gasteiger partial charge on any atom is -0.508 e. The van der Waals surface area contributed by atoms with E-state index in [1.807, 2.05) is 24.3 Å². The highest BCUT2D eigenvalue weighted by atomic mass is 16.3. The van der Waals surface area contributed by atoms with Gasteiger partial charge in [0.1, 0.15) is 11.5 Å². The van der Waals surface area contributed by atoms with E-state index in [4.69, 9.17) is 5.11 Å². The molecule has 0 heterocycles. The van der Waals surface area contributed by atoms with Crippen LogP contribution in [0.5, 0.6) is 5.75 Å². The van der Waals surface area contributed by atoms with Gasteiger partial charge in [-0.1, -0.05) is 36.9 Å². The summed E-state index contributed by atoms with van der Waals surface area (Å²) in [4.78, 5) is 0. The number of hydrogen-bond acceptors (Lipinski definition) is 2. The number of allylic oxidation sites excluding steroid dienone is 5. The first kappa shape index (κ1) is 12.8. The van der Waals surface area contributed by atoms with Crippen molar-refractivity contribution in [1.29, 1.82) is 0 Å². The molecule has 0 amide bonds. The summed E-state index contributed by atoms with van der Waals surface area (Å²) >= 11 is 0. The Labute approximate surface area is 102 Å². The fourth-order valence-corrected chi connectivity index (χ4v) is 1.13. The molecule has 1 aromatic rings. The van der Waals surface area contributed by atoms with Crippen LogP contribution in [0.15, 0.2) is 66.5 Å². The summed E-state index contributed by atoms with van der Waals surface area (Å²) in [5, 5.41) is 18.3. The largest absolute Gasteiger partial charge is 0.508 e. The first-order valence-electron chi connectivity index (χ1n) is 5.31. The van der Waals surface area contributed by atoms with Crippen LogP contribution in [0.3, 0.4) is 0 Å². The maximum Gasteiger partial charge on any atom is 0.115 e. The first-order chi connectivity index (χ1) is 8.11. The highest BCUT2D eigenvalue weighted by Crippen LogP contribution is 2.11. The van der Waals surface area contributed by atoms with Crippen LogP contribution in [0.1, 0.15) is 12.5 Å². The van der Waals surface area contributed by atoms with Gasteiger partial charge in [0.15, 0.2) is 0 Å². The number of aliphatic hydroxyl groups excluding tert-OH is 1. The summed E-state index contributed by atoms with van der Waals surface area (Å²) < 4.78 is 0. The lowest BCUT2D eigenvalue weighted by atomic mass is 10.1. The van der Waals surface area contributed by atoms with E-state index in [1.54, 1.807) is 37.3 Å². The van der Waals surface area contributed by atoms with E-state index in [1.165, 1.54) is 0 Å². The smallest absolute Gasteiger partial charge is 0.115 e. The van der Waals surface area contributed by atoms with E-state index < -0.39 is 0 Å². The molecule has 2 heteroatoms. The molecule has 0 saturated heterocycles. The van der Waals surface area contributed by atoms with Gasteiger partial charge in [0.05, 0.1) is 0 Å². The fourth-order valence-electron chi connectivity index (χ4n) is 1.13. The van der Waals surface area contributed by atoms with E-state index in [0.717, 1.165) is 11.1 Å². The summed E-state index contributed by atoms with van der Waals surface area (Å²) in [6.07, 6.45) is 8.65. The van der Waals surface area contributed by atoms with Crippen molar-refractivity contribution in [3.05, 3.63) is 72.0 Å². The summed E-state index contributed by atoms with van der Waals surface area (Å²) in [5.74, 6) is 0.461. The Morgan fingerprint density at radius 2 is 1.76 bits per heavy atom. The van der Waals surface area contributed by atoms with Crippen LogP contribution in [0.25, 0.3) is 6.08 Å². The third kappa shape index (κ3) is 4.89. The van der Waals surface area contributed by atoms with E-state index in [-0.39, 0.29) is 11.5 Å². The Balaban J connectivity index is 2.62. The van der Waals surface area contributed by atoms with Gasteiger partial charge in [-0.3, -0.25) is 0 Å². The highest BCUT2D eigenvalue weighted by molar-refractivity contribution is 5.55. The zero-order valence-electron chi connectivity index (χ0n) is 9.80. The Bertz CT molecular complexity index is 462. The quantitative estimate of drug-likeness (QED) is 0.604. The second kappa shape index (κ2) is 6.38. The number of phenolic OH excluding ortho intramolecular Hbond substituents is 1. The monoisotopic (exact) mass is 228 g/mol. The molecule has 0 radical (unpaired) electrons. The molecule has 0 fully saturated rings. The predicted octanol–water partition coefficient (Wildman–Crippen LogP) is 3.98. The third-order valence-electron chi connectivity index (χ3n) is 2.15. The molecule has 0 aliphatic carbocycles. The summed E-state index contributed by atoms with van der Waals surface area (Å²) in [6.45, 7) is 5.59. The van der Waals surface area contributed by atoms with Gasteiger partial charge in [-0.2, -0.15) is 0 Å². The summed E-state index contributed by atoms with van der Waals surface area (Å²) in [5.41, 5.74) is 1.76. The Kier molecular flexibility index (Phi) is 4.82. The third-order valence-corrected chi connectivity index (χ3v) is 2.15. The van der Waals surface area contributed by atoms with Crippen LogP contribution in [0, 0.1) is 0 Å². The van der Waals surface area contributed by atoms with E-state index in [0.29, 0.717) is 0 Å². The zero-order chi connectivity index (χ0) is 12.7. The molecule has 0 aliphatic rings. The lowest BCUT2D eigenvalue weighted by Gasteiger charge is -1.94. The molecule has 0 saturated carbocycles. The second-order valence-electron chi connectivity index (χ2n) is 3.55. The number of aromatic hydroxyl groups is 1. The van der Waals surface area contributed by atoms with Crippen LogP contribution in [0.2, 0.25) is 0 Å². The van der Waals surface area contributed by atoms with Crippen LogP contribution in [-0.2, 0) is 0 Å². The van der Waals surface area contributed by atoms with E-state index in [9.17, 15) is 5.11 Å². The zero-order valence-corrected chi connectivity index (χ0v) is 9.80. The molecule has 0 atom stereocenters. The van der Waals surface area contributed by atoms with Gasteiger partial charge in [0.25, 0.3) is 0 Å². The molecule has 0 spiro atoms. The van der Waals surface area contributed by atoms with Crippen molar-refractivity contribution in [2.24, 2.45) is 0 Å². The van der Waals surface area contributed by atoms with Crippen molar-refractivity contribution in [3.63, 3.8) is 0 Å². The van der Waals surface area contributed by atoms with Crippen LogP contribution in [0.4, 0.5) is 0 Å². The van der Waals surface area contributed by atoms with Crippen molar-refractivity contribution in [2.45, 2.75) is 6.92 Å². The molecule has 2 N–H and O–H groups in total. The SMILES string of the molecule is C=C(/C=C\C(O)=C/C)/C=C/c1ccc(O)cc1. The molecule has 88 valence electrons. The maximum absolute atomic E-state index is 9.20. The normalized spacial score (nSPS) is 12.4. The number of benzene rings is 1. The minimum absolute atomic E-state index is 0.212. The number of hydrogen-bond donors (Lipinski definition) is 2. The maximum atomic E-state index is 9.20. The number of rotatable bonds is 4. The van der Waals surface area contributed by atoms with Crippen molar-refractivity contribution < 1.29 is 10.2 Å². The number of aliphatic hydroxyl groups is 1. The van der Waals surface area contributed by atoms with Crippen LogP contribution in [-0.4, -0.2) is 10.2 Å². The molecule has 0 bridgehead atoms. The number of phenols is 1. The van der Waals surface area contributed by atoms with Crippen molar-refractivity contribution in [2.75, 3.05) is 0 Å². The Morgan fingerprint density at radius 3 is 2.35 bits per heavy atom. The average molecular weight is 228 g/mol. The van der Waals surface area contributed by atoms with Gasteiger partial charge in [-0.25, -0.2) is 0 Å². The summed E-state index contributed by atoms with van der Waals surface area (Å²) in [6, 6.07) is 6.88. The first-order valence-corrected chi connectivity index (χ1v) is 5.31. The average Bonchev–Trinajstić information content (AvgIpc) is 2.35. The van der Waals surface area contributed by atoms with Crippen LogP contribution < -0.4 is 0 Å². The molecule has 0 unspecified atom stereocenters. The van der Waals surface area contributed by atoms with Crippen molar-refractivity contribution in [3.8, 4) is 5.75 Å². The highest BCUT2D eigenvalue weighted by Gasteiger charge is 1.88. The summed E-state index contributed by atoms with van der Waals surface area (Å²) in [7, 11) is 0. The van der Waals surface area contributed by atoms with Crippen molar-refractivity contribution >= 4 is 6.08 Å². The van der Waals surface area contributed by atoms with Crippen LogP contribution >= 0.6 is 0 Å². The fraction of sp³-hybridized carbons (Fsp3) is 0.0667. The molecule has 0 aliphatic heterocycles. The molecule has 2 nitrogen and oxygen atoms in total. The molecular weight excluding hydrogens is 212 g/mol. The predicted molar refractivity (Wildman–Crippen MR) is 71.8 cm³/mol. The second-order valence-corrected chi connectivity index (χ2v) is 3.55. The van der Waals surface area contributed by atoms with Gasteiger partial charge in [0, 0.05) is 0 Å². The molecule has 0 aromatic heterocycles. The molecule has 1 rings (SSSR count). The van der Waals surface area contributed by atoms with Gasteiger partial charge in [-0.15, -0.1) is 0 Å². The van der Waals surface area contributed by atoms with Gasteiger partial charge < -0.3 is 10.2 Å². The molecule has 17 heavy (non-hydrogen) atoms. The van der Waals surface area contributed by atoms with Gasteiger partial charge >= 0.3 is 0 Å². The van der Waals surface area contributed by atoms with Crippen molar-refractivity contribution in [1.82, 2.24) is 0 Å². The lowest BCUT2D eigenvalue weighted by molar-refractivity contribution is 0.431. The minimum atomic E-state index is 0.212. The van der Waals surface area contributed by atoms with Gasteiger partial charge in [-0.05, 0) is 42.3 Å².